The molecule has 2 aliphatic rings. The average Bonchev–Trinajstić information content (AvgIpc) is 3.17. The molecule has 2 saturated heterocycles. The Labute approximate surface area is 160 Å². The van der Waals surface area contributed by atoms with E-state index in [1.807, 2.05) is 21.7 Å². The minimum absolute atomic E-state index is 0.0379. The summed E-state index contributed by atoms with van der Waals surface area (Å²) in [4.78, 5) is 24.0. The van der Waals surface area contributed by atoms with Gasteiger partial charge in [-0.1, -0.05) is 6.92 Å². The van der Waals surface area contributed by atoms with Crippen LogP contribution in [0.3, 0.4) is 0 Å². The third kappa shape index (κ3) is 3.26. The van der Waals surface area contributed by atoms with Gasteiger partial charge in [0.15, 0.2) is 5.82 Å². The molecule has 0 aromatic carbocycles. The van der Waals surface area contributed by atoms with Gasteiger partial charge in [-0.25, -0.2) is 4.98 Å². The van der Waals surface area contributed by atoms with E-state index in [0.29, 0.717) is 5.91 Å². The maximum atomic E-state index is 12.8. The van der Waals surface area contributed by atoms with Gasteiger partial charge in [-0.3, -0.25) is 14.1 Å². The Hall–Kier alpha value is -2.22. The van der Waals surface area contributed by atoms with Gasteiger partial charge < -0.3 is 9.80 Å². The topological polar surface area (TPSA) is 69.9 Å². The molecule has 0 bridgehead atoms. The highest BCUT2D eigenvalue weighted by atomic mass is 16.2. The van der Waals surface area contributed by atoms with Crippen LogP contribution >= 0.6 is 0 Å². The van der Waals surface area contributed by atoms with Crippen molar-refractivity contribution in [1.82, 2.24) is 29.4 Å². The number of hydrogen-bond acceptors (Lipinski definition) is 6. The molecule has 0 N–H and O–H groups in total. The molecule has 2 aromatic heterocycles. The minimum atomic E-state index is 0.0379. The van der Waals surface area contributed by atoms with E-state index >= 15 is 0 Å². The molecular formula is C19H29N7O. The fourth-order valence-corrected chi connectivity index (χ4v) is 4.32. The van der Waals surface area contributed by atoms with Crippen molar-refractivity contribution in [2.75, 3.05) is 37.6 Å². The SMILES string of the molecule is CCc1nnc2c(N3CCCN(C4CCN(C(C)C)C4=O)CC3)nccn12. The Bertz CT molecular complexity index is 817. The summed E-state index contributed by atoms with van der Waals surface area (Å²) in [5.74, 6) is 2.15. The van der Waals surface area contributed by atoms with Gasteiger partial charge in [0.05, 0.1) is 6.04 Å². The summed E-state index contributed by atoms with van der Waals surface area (Å²) < 4.78 is 2.03. The van der Waals surface area contributed by atoms with Gasteiger partial charge in [0.1, 0.15) is 5.82 Å². The second-order valence-electron chi connectivity index (χ2n) is 7.72. The summed E-state index contributed by atoms with van der Waals surface area (Å²) in [5, 5.41) is 8.66. The smallest absolute Gasteiger partial charge is 0.240 e. The zero-order chi connectivity index (χ0) is 19.0. The largest absolute Gasteiger partial charge is 0.352 e. The molecule has 4 heterocycles. The third-order valence-corrected chi connectivity index (χ3v) is 5.80. The lowest BCUT2D eigenvalue weighted by Gasteiger charge is -2.28. The number of rotatable bonds is 4. The first-order chi connectivity index (χ1) is 13.1. The fourth-order valence-electron chi connectivity index (χ4n) is 4.32. The molecule has 0 aliphatic carbocycles. The Morgan fingerprint density at radius 2 is 2.00 bits per heavy atom. The van der Waals surface area contributed by atoms with Gasteiger partial charge in [0.2, 0.25) is 11.6 Å². The number of nitrogens with zero attached hydrogens (tertiary/aromatic N) is 7. The van der Waals surface area contributed by atoms with Crippen LogP contribution in [0.25, 0.3) is 5.65 Å². The van der Waals surface area contributed by atoms with Crippen LogP contribution in [0.4, 0.5) is 5.82 Å². The highest BCUT2D eigenvalue weighted by Gasteiger charge is 2.37. The Balaban J connectivity index is 1.50. The van der Waals surface area contributed by atoms with E-state index in [-0.39, 0.29) is 12.1 Å². The second-order valence-corrected chi connectivity index (χ2v) is 7.72. The summed E-state index contributed by atoms with van der Waals surface area (Å²) in [7, 11) is 0. The summed E-state index contributed by atoms with van der Waals surface area (Å²) in [6, 6.07) is 0.323. The van der Waals surface area contributed by atoms with Gasteiger partial charge in [-0.05, 0) is 26.7 Å². The number of fused-ring (bicyclic) bond motifs is 1. The molecule has 0 saturated carbocycles. The van der Waals surface area contributed by atoms with E-state index in [1.54, 1.807) is 0 Å². The number of carbonyl (C=O) groups is 1. The molecule has 0 radical (unpaired) electrons. The van der Waals surface area contributed by atoms with Gasteiger partial charge in [0, 0.05) is 57.6 Å². The van der Waals surface area contributed by atoms with Gasteiger partial charge in [-0.2, -0.15) is 0 Å². The van der Waals surface area contributed by atoms with E-state index in [9.17, 15) is 4.79 Å². The predicted molar refractivity (Wildman–Crippen MR) is 104 cm³/mol. The molecule has 1 atom stereocenters. The van der Waals surface area contributed by atoms with Crippen molar-refractivity contribution in [3.05, 3.63) is 18.2 Å². The molecule has 8 nitrogen and oxygen atoms in total. The van der Waals surface area contributed by atoms with Crippen LogP contribution in [0.15, 0.2) is 12.4 Å². The Morgan fingerprint density at radius 3 is 2.74 bits per heavy atom. The standard InChI is InChI=1S/C19H29N7O/c1-4-16-21-22-18-17(20-7-11-26(16)18)24-9-5-8-23(12-13-24)15-6-10-25(14(2)3)19(15)27/h7,11,14-15H,4-6,8-10,12-13H2,1-3H3. The van der Waals surface area contributed by atoms with E-state index < -0.39 is 0 Å². The van der Waals surface area contributed by atoms with E-state index in [0.717, 1.165) is 69.3 Å². The minimum Gasteiger partial charge on any atom is -0.352 e. The number of amides is 1. The Morgan fingerprint density at radius 1 is 1.15 bits per heavy atom. The number of anilines is 1. The molecule has 2 fully saturated rings. The van der Waals surface area contributed by atoms with Crippen LogP contribution in [-0.2, 0) is 11.2 Å². The summed E-state index contributed by atoms with van der Waals surface area (Å²) in [5.41, 5.74) is 0.825. The van der Waals surface area contributed by atoms with Crippen LogP contribution in [-0.4, -0.2) is 80.1 Å². The molecule has 146 valence electrons. The van der Waals surface area contributed by atoms with E-state index in [1.165, 1.54) is 0 Å². The molecule has 1 amide bonds. The van der Waals surface area contributed by atoms with Crippen molar-refractivity contribution in [2.45, 2.75) is 52.1 Å². The lowest BCUT2D eigenvalue weighted by atomic mass is 10.2. The Kier molecular flexibility index (Phi) is 4.99. The predicted octanol–water partition coefficient (Wildman–Crippen LogP) is 1.21. The van der Waals surface area contributed by atoms with E-state index in [2.05, 4.69) is 45.8 Å². The van der Waals surface area contributed by atoms with Crippen LogP contribution in [0.2, 0.25) is 0 Å². The average molecular weight is 371 g/mol. The first-order valence-corrected chi connectivity index (χ1v) is 10.1. The molecule has 2 aliphatic heterocycles. The van der Waals surface area contributed by atoms with Crippen LogP contribution in [0.5, 0.6) is 0 Å². The highest BCUT2D eigenvalue weighted by molar-refractivity contribution is 5.84. The first kappa shape index (κ1) is 18.2. The van der Waals surface area contributed by atoms with E-state index in [4.69, 9.17) is 0 Å². The molecule has 27 heavy (non-hydrogen) atoms. The molecule has 4 rings (SSSR count). The molecule has 0 spiro atoms. The van der Waals surface area contributed by atoms with Gasteiger partial charge >= 0.3 is 0 Å². The number of hydrogen-bond donors (Lipinski definition) is 0. The van der Waals surface area contributed by atoms with Gasteiger partial charge in [0.25, 0.3) is 0 Å². The number of aromatic nitrogens is 4. The highest BCUT2D eigenvalue weighted by Crippen LogP contribution is 2.23. The zero-order valence-electron chi connectivity index (χ0n) is 16.5. The van der Waals surface area contributed by atoms with Crippen molar-refractivity contribution < 1.29 is 4.79 Å². The summed E-state index contributed by atoms with van der Waals surface area (Å²) in [6.45, 7) is 10.8. The molecule has 1 unspecified atom stereocenters. The van der Waals surface area contributed by atoms with Crippen LogP contribution in [0.1, 0.15) is 39.4 Å². The van der Waals surface area contributed by atoms with Crippen LogP contribution < -0.4 is 4.90 Å². The maximum absolute atomic E-state index is 12.8. The number of carbonyl (C=O) groups excluding carboxylic acids is 1. The second kappa shape index (κ2) is 7.42. The normalized spacial score (nSPS) is 22.2. The first-order valence-electron chi connectivity index (χ1n) is 10.1. The summed E-state index contributed by atoms with van der Waals surface area (Å²) >= 11 is 0. The molecule has 8 heteroatoms. The number of aryl methyl sites for hydroxylation is 1. The maximum Gasteiger partial charge on any atom is 0.240 e. The van der Waals surface area contributed by atoms with Crippen LogP contribution in [0, 0.1) is 0 Å². The third-order valence-electron chi connectivity index (χ3n) is 5.80. The van der Waals surface area contributed by atoms with Crippen molar-refractivity contribution in [1.29, 1.82) is 0 Å². The summed E-state index contributed by atoms with van der Waals surface area (Å²) in [6.07, 6.45) is 6.56. The monoisotopic (exact) mass is 371 g/mol. The fraction of sp³-hybridized carbons (Fsp3) is 0.684. The van der Waals surface area contributed by atoms with Crippen molar-refractivity contribution in [3.8, 4) is 0 Å². The van der Waals surface area contributed by atoms with Crippen molar-refractivity contribution in [2.24, 2.45) is 0 Å². The zero-order valence-corrected chi connectivity index (χ0v) is 16.5. The van der Waals surface area contributed by atoms with Crippen molar-refractivity contribution >= 4 is 17.4 Å². The van der Waals surface area contributed by atoms with Gasteiger partial charge in [-0.15, -0.1) is 10.2 Å². The number of likely N-dealkylation sites (tertiary alicyclic amines) is 1. The lowest BCUT2D eigenvalue weighted by molar-refractivity contribution is -0.133. The van der Waals surface area contributed by atoms with Crippen molar-refractivity contribution in [3.63, 3.8) is 0 Å². The quantitative estimate of drug-likeness (QED) is 0.805. The molecule has 2 aromatic rings. The lowest BCUT2D eigenvalue weighted by Crippen LogP contribution is -2.45. The molecular weight excluding hydrogens is 342 g/mol.